The number of alkyl halides is 1. The summed E-state index contributed by atoms with van der Waals surface area (Å²) in [6, 6.07) is 4.45. The second-order valence-corrected chi connectivity index (χ2v) is 6.68. The SMILES string of the molecule is O=C(NCC1(CCl)CCCCC1)c1ccc(Br)cc1F. The Morgan fingerprint density at radius 1 is 1.35 bits per heavy atom. The topological polar surface area (TPSA) is 29.1 Å². The van der Waals surface area contributed by atoms with Crippen molar-refractivity contribution < 1.29 is 9.18 Å². The van der Waals surface area contributed by atoms with Gasteiger partial charge in [-0.1, -0.05) is 35.2 Å². The Kier molecular flexibility index (Phi) is 5.44. The highest BCUT2D eigenvalue weighted by Crippen LogP contribution is 2.36. The molecule has 0 bridgehead atoms. The van der Waals surface area contributed by atoms with Gasteiger partial charge in [0.1, 0.15) is 5.82 Å². The van der Waals surface area contributed by atoms with E-state index < -0.39 is 5.82 Å². The van der Waals surface area contributed by atoms with E-state index in [9.17, 15) is 9.18 Å². The Hall–Kier alpha value is -0.610. The van der Waals surface area contributed by atoms with Gasteiger partial charge in [-0.15, -0.1) is 11.6 Å². The number of hydrogen-bond donors (Lipinski definition) is 1. The third-order valence-electron chi connectivity index (χ3n) is 4.00. The summed E-state index contributed by atoms with van der Waals surface area (Å²) >= 11 is 9.26. The van der Waals surface area contributed by atoms with Crippen molar-refractivity contribution in [1.29, 1.82) is 0 Å². The molecule has 0 heterocycles. The molecule has 0 saturated heterocycles. The van der Waals surface area contributed by atoms with Crippen LogP contribution in [0.1, 0.15) is 42.5 Å². The molecule has 0 radical (unpaired) electrons. The van der Waals surface area contributed by atoms with Gasteiger partial charge in [-0.05, 0) is 31.0 Å². The first-order chi connectivity index (χ1) is 9.56. The van der Waals surface area contributed by atoms with Crippen molar-refractivity contribution in [2.45, 2.75) is 32.1 Å². The van der Waals surface area contributed by atoms with E-state index in [0.717, 1.165) is 25.7 Å². The van der Waals surface area contributed by atoms with Crippen molar-refractivity contribution in [1.82, 2.24) is 5.32 Å². The Labute approximate surface area is 132 Å². The molecule has 5 heteroatoms. The number of hydrogen-bond acceptors (Lipinski definition) is 1. The molecular formula is C15H18BrClFNO. The number of carbonyl (C=O) groups excluding carboxylic acids is 1. The van der Waals surface area contributed by atoms with Crippen molar-refractivity contribution in [3.63, 3.8) is 0 Å². The van der Waals surface area contributed by atoms with Crippen LogP contribution in [0.15, 0.2) is 22.7 Å². The minimum absolute atomic E-state index is 0.0265. The van der Waals surface area contributed by atoms with E-state index in [1.54, 1.807) is 6.07 Å². The monoisotopic (exact) mass is 361 g/mol. The number of rotatable bonds is 4. The number of benzene rings is 1. The molecule has 20 heavy (non-hydrogen) atoms. The molecule has 1 saturated carbocycles. The lowest BCUT2D eigenvalue weighted by Gasteiger charge is -2.35. The van der Waals surface area contributed by atoms with E-state index in [1.807, 2.05) is 0 Å². The maximum atomic E-state index is 13.7. The van der Waals surface area contributed by atoms with Crippen LogP contribution >= 0.6 is 27.5 Å². The molecule has 2 nitrogen and oxygen atoms in total. The zero-order valence-electron chi connectivity index (χ0n) is 11.2. The van der Waals surface area contributed by atoms with Crippen molar-refractivity contribution in [3.8, 4) is 0 Å². The van der Waals surface area contributed by atoms with Gasteiger partial charge in [-0.3, -0.25) is 4.79 Å². The third kappa shape index (κ3) is 3.73. The molecule has 1 aliphatic carbocycles. The predicted octanol–water partition coefficient (Wildman–Crippen LogP) is 4.51. The van der Waals surface area contributed by atoms with Crippen molar-refractivity contribution >= 4 is 33.4 Å². The Morgan fingerprint density at radius 2 is 2.05 bits per heavy atom. The standard InChI is InChI=1S/C15H18BrClFNO/c16-11-4-5-12(13(18)8-11)14(20)19-10-15(9-17)6-2-1-3-7-15/h4-5,8H,1-3,6-7,9-10H2,(H,19,20). The van der Waals surface area contributed by atoms with Crippen LogP contribution in [0.3, 0.4) is 0 Å². The first-order valence-corrected chi connectivity index (χ1v) is 8.18. The number of halogens is 3. The van der Waals surface area contributed by atoms with Gasteiger partial charge in [0, 0.05) is 22.3 Å². The minimum Gasteiger partial charge on any atom is -0.351 e. The van der Waals surface area contributed by atoms with E-state index in [2.05, 4.69) is 21.2 Å². The lowest BCUT2D eigenvalue weighted by molar-refractivity contribution is 0.0917. The molecule has 0 unspecified atom stereocenters. The van der Waals surface area contributed by atoms with E-state index in [4.69, 9.17) is 11.6 Å². The first-order valence-electron chi connectivity index (χ1n) is 6.86. The summed E-state index contributed by atoms with van der Waals surface area (Å²) < 4.78 is 14.3. The van der Waals surface area contributed by atoms with Crippen LogP contribution in [0.5, 0.6) is 0 Å². The lowest BCUT2D eigenvalue weighted by Crippen LogP contribution is -2.40. The number of nitrogens with one attached hydrogen (secondary N) is 1. The van der Waals surface area contributed by atoms with Crippen molar-refractivity contribution in [2.75, 3.05) is 12.4 Å². The molecule has 110 valence electrons. The van der Waals surface area contributed by atoms with Gasteiger partial charge in [0.2, 0.25) is 0 Å². The maximum Gasteiger partial charge on any atom is 0.254 e. The van der Waals surface area contributed by atoms with Gasteiger partial charge in [0.15, 0.2) is 0 Å². The zero-order valence-corrected chi connectivity index (χ0v) is 13.6. The highest BCUT2D eigenvalue weighted by atomic mass is 79.9. The Bertz CT molecular complexity index is 489. The zero-order chi connectivity index (χ0) is 14.6. The molecule has 2 rings (SSSR count). The van der Waals surface area contributed by atoms with Crippen LogP contribution in [0.2, 0.25) is 0 Å². The summed E-state index contributed by atoms with van der Waals surface area (Å²) in [6.45, 7) is 0.519. The second kappa shape index (κ2) is 6.90. The molecule has 1 amide bonds. The third-order valence-corrected chi connectivity index (χ3v) is 5.06. The van der Waals surface area contributed by atoms with Crippen molar-refractivity contribution in [3.05, 3.63) is 34.1 Å². The molecule has 0 aromatic heterocycles. The molecule has 1 aromatic carbocycles. The van der Waals surface area contributed by atoms with E-state index in [-0.39, 0.29) is 16.9 Å². The molecule has 1 fully saturated rings. The fourth-order valence-electron chi connectivity index (χ4n) is 2.70. The van der Waals surface area contributed by atoms with E-state index >= 15 is 0 Å². The van der Waals surface area contributed by atoms with Gasteiger partial charge in [0.25, 0.3) is 5.91 Å². The van der Waals surface area contributed by atoms with Gasteiger partial charge >= 0.3 is 0 Å². The van der Waals surface area contributed by atoms with Crippen LogP contribution in [-0.4, -0.2) is 18.3 Å². The summed E-state index contributed by atoms with van der Waals surface area (Å²) in [4.78, 5) is 12.1. The molecule has 1 N–H and O–H groups in total. The van der Waals surface area contributed by atoms with Crippen LogP contribution in [-0.2, 0) is 0 Å². The molecular weight excluding hydrogens is 345 g/mol. The number of amides is 1. The average Bonchev–Trinajstić information content (AvgIpc) is 2.46. The highest BCUT2D eigenvalue weighted by Gasteiger charge is 2.31. The van der Waals surface area contributed by atoms with Crippen molar-refractivity contribution in [2.24, 2.45) is 5.41 Å². The lowest BCUT2D eigenvalue weighted by atomic mass is 9.75. The van der Waals surface area contributed by atoms with Crippen LogP contribution in [0, 0.1) is 11.2 Å². The summed E-state index contributed by atoms with van der Waals surface area (Å²) in [5, 5.41) is 2.84. The van der Waals surface area contributed by atoms with Gasteiger partial charge in [-0.25, -0.2) is 4.39 Å². The summed E-state index contributed by atoms with van der Waals surface area (Å²) in [7, 11) is 0. The smallest absolute Gasteiger partial charge is 0.254 e. The molecule has 0 aliphatic heterocycles. The van der Waals surface area contributed by atoms with Crippen LogP contribution < -0.4 is 5.32 Å². The quantitative estimate of drug-likeness (QED) is 0.785. The van der Waals surface area contributed by atoms with Crippen LogP contribution in [0.4, 0.5) is 4.39 Å². The Balaban J connectivity index is 2.00. The first kappa shape index (κ1) is 15.8. The normalized spacial score (nSPS) is 17.8. The molecule has 1 aliphatic rings. The predicted molar refractivity (Wildman–Crippen MR) is 82.7 cm³/mol. The Morgan fingerprint density at radius 3 is 2.65 bits per heavy atom. The van der Waals surface area contributed by atoms with E-state index in [1.165, 1.54) is 18.6 Å². The largest absolute Gasteiger partial charge is 0.351 e. The van der Waals surface area contributed by atoms with Gasteiger partial charge in [0.05, 0.1) is 5.56 Å². The van der Waals surface area contributed by atoms with Crippen LogP contribution in [0.25, 0.3) is 0 Å². The molecule has 0 atom stereocenters. The maximum absolute atomic E-state index is 13.7. The average molecular weight is 363 g/mol. The molecule has 0 spiro atoms. The summed E-state index contributed by atoms with van der Waals surface area (Å²) in [5.74, 6) is -0.346. The van der Waals surface area contributed by atoms with E-state index in [0.29, 0.717) is 16.9 Å². The van der Waals surface area contributed by atoms with Gasteiger partial charge < -0.3 is 5.32 Å². The molecule has 1 aromatic rings. The minimum atomic E-state index is -0.513. The van der Waals surface area contributed by atoms with Gasteiger partial charge in [-0.2, -0.15) is 0 Å². The highest BCUT2D eigenvalue weighted by molar-refractivity contribution is 9.10. The fraction of sp³-hybridized carbons (Fsp3) is 0.533. The summed E-state index contributed by atoms with van der Waals surface area (Å²) in [5.41, 5.74) is 0.0510. The number of carbonyl (C=O) groups is 1. The second-order valence-electron chi connectivity index (χ2n) is 5.50. The fourth-order valence-corrected chi connectivity index (χ4v) is 3.39. The summed E-state index contributed by atoms with van der Waals surface area (Å²) in [6.07, 6.45) is 5.58.